The number of unbranched alkanes of at least 4 members (excludes halogenated alkanes) is 1. The Morgan fingerprint density at radius 1 is 0.952 bits per heavy atom. The van der Waals surface area contributed by atoms with Gasteiger partial charge in [-0.05, 0) is 111 Å². The molecule has 16 heteroatoms. The van der Waals surface area contributed by atoms with Crippen LogP contribution in [-0.4, -0.2) is 97.6 Å². The maximum atomic E-state index is 14.5. The molecular weight excluding hydrogens is 832 g/mol. The van der Waals surface area contributed by atoms with E-state index in [0.717, 1.165) is 34.6 Å². The topological polar surface area (TPSA) is 220 Å². The molecule has 0 saturated heterocycles. The highest BCUT2D eigenvalue weighted by Gasteiger charge is 2.37. The van der Waals surface area contributed by atoms with Gasteiger partial charge in [0.25, 0.3) is 0 Å². The van der Waals surface area contributed by atoms with E-state index < -0.39 is 57.3 Å². The van der Waals surface area contributed by atoms with Crippen molar-refractivity contribution in [2.75, 3.05) is 26.4 Å². The third-order valence-electron chi connectivity index (χ3n) is 10.8. The lowest BCUT2D eigenvalue weighted by atomic mass is 9.90. The predicted octanol–water partition coefficient (Wildman–Crippen LogP) is 4.52. The molecule has 1 aliphatic heterocycles. The van der Waals surface area contributed by atoms with Crippen molar-refractivity contribution in [3.63, 3.8) is 0 Å². The minimum Gasteiger partial charge on any atom is -0.507 e. The highest BCUT2D eigenvalue weighted by Crippen LogP contribution is 2.39. The number of hydrogen-bond donors (Lipinski definition) is 7. The van der Waals surface area contributed by atoms with Gasteiger partial charge < -0.3 is 42.0 Å². The summed E-state index contributed by atoms with van der Waals surface area (Å²) in [7, 11) is -1.78. The summed E-state index contributed by atoms with van der Waals surface area (Å²) in [5.74, 6) is -2.29. The molecule has 5 rings (SSSR count). The van der Waals surface area contributed by atoms with Crippen LogP contribution in [0.2, 0.25) is 5.02 Å². The van der Waals surface area contributed by atoms with Crippen LogP contribution in [0.5, 0.6) is 11.5 Å². The van der Waals surface area contributed by atoms with E-state index >= 15 is 0 Å². The molecule has 1 heterocycles. The average molecular weight is 887 g/mol. The summed E-state index contributed by atoms with van der Waals surface area (Å²) in [6.45, 7) is 3.84. The fourth-order valence-electron chi connectivity index (χ4n) is 7.42. The van der Waals surface area contributed by atoms with E-state index in [1.807, 2.05) is 48.5 Å². The van der Waals surface area contributed by atoms with Crippen molar-refractivity contribution in [3.05, 3.63) is 118 Å². The number of rotatable bonds is 16. The van der Waals surface area contributed by atoms with Gasteiger partial charge in [-0.3, -0.25) is 19.3 Å². The first-order valence-corrected chi connectivity index (χ1v) is 22.6. The molecule has 62 heavy (non-hydrogen) atoms. The van der Waals surface area contributed by atoms with Crippen LogP contribution in [0.3, 0.4) is 0 Å². The molecule has 0 spiro atoms. The number of benzene rings is 4. The highest BCUT2D eigenvalue weighted by molar-refractivity contribution is 7.93. The second-order valence-corrected chi connectivity index (χ2v) is 18.3. The van der Waals surface area contributed by atoms with Gasteiger partial charge in [-0.1, -0.05) is 66.2 Å². The van der Waals surface area contributed by atoms with Gasteiger partial charge in [0.1, 0.15) is 35.9 Å². The molecule has 0 radical (unpaired) electrons. The Morgan fingerprint density at radius 3 is 2.21 bits per heavy atom. The molecule has 0 aromatic heterocycles. The highest BCUT2D eigenvalue weighted by atomic mass is 35.5. The van der Waals surface area contributed by atoms with Gasteiger partial charge in [-0.25, -0.2) is 8.42 Å². The van der Waals surface area contributed by atoms with Gasteiger partial charge in [-0.2, -0.15) is 0 Å². The van der Waals surface area contributed by atoms with Gasteiger partial charge in [0.2, 0.25) is 17.7 Å². The third-order valence-corrected chi connectivity index (χ3v) is 11.7. The van der Waals surface area contributed by atoms with Gasteiger partial charge in [0.05, 0.1) is 5.54 Å². The number of nitrogens with one attached hydrogen (secondary N) is 4. The maximum Gasteiger partial charge on any atom is 0.243 e. The first kappa shape index (κ1) is 47.5. The number of aldehydes is 1. The van der Waals surface area contributed by atoms with Crippen LogP contribution >= 0.6 is 11.6 Å². The smallest absolute Gasteiger partial charge is 0.243 e. The molecular formula is C46H55ClN6O8S. The minimum absolute atomic E-state index is 0.0355. The molecule has 14 nitrogen and oxygen atoms in total. The minimum atomic E-state index is -3.47. The Bertz CT molecular complexity index is 2380. The molecule has 5 unspecified atom stereocenters. The SMILES string of the molecule is CC(C=CS(C)(=O)=O)NC(=O)C1Cc2ccc(O)c(c2)-c2cc(ccc2O)C(N(C)CC(C=O)(CCCCN)NCc2ccc(-c3ccc(Cl)cc3)cc2)C(=O)NC(C)C(=O)N1. The Morgan fingerprint density at radius 2 is 1.58 bits per heavy atom. The maximum absolute atomic E-state index is 14.5. The number of carbonyl (C=O) groups excluding carboxylic acids is 4. The lowest BCUT2D eigenvalue weighted by Gasteiger charge is -2.37. The average Bonchev–Trinajstić information content (AvgIpc) is 3.23. The molecule has 330 valence electrons. The van der Waals surface area contributed by atoms with E-state index in [-0.39, 0.29) is 35.6 Å². The number of nitrogens with zero attached hydrogens (tertiary/aromatic N) is 1. The third kappa shape index (κ3) is 12.7. The van der Waals surface area contributed by atoms with E-state index in [0.29, 0.717) is 48.5 Å². The number of carbonyl (C=O) groups is 4. The number of fused-ring (bicyclic) bond motifs is 5. The fourth-order valence-corrected chi connectivity index (χ4v) is 8.07. The Labute approximate surface area is 367 Å². The van der Waals surface area contributed by atoms with Gasteiger partial charge >= 0.3 is 0 Å². The van der Waals surface area contributed by atoms with E-state index in [1.165, 1.54) is 25.1 Å². The molecule has 4 aromatic rings. The molecule has 1 aliphatic rings. The Balaban J connectivity index is 1.48. The number of phenolic OH excluding ortho intramolecular Hbond substituents is 2. The van der Waals surface area contributed by atoms with E-state index in [2.05, 4.69) is 21.3 Å². The number of amides is 3. The zero-order valence-electron chi connectivity index (χ0n) is 35.2. The lowest BCUT2D eigenvalue weighted by Crippen LogP contribution is -2.57. The van der Waals surface area contributed by atoms with E-state index in [9.17, 15) is 37.8 Å². The summed E-state index contributed by atoms with van der Waals surface area (Å²) in [6.07, 6.45) is 4.78. The van der Waals surface area contributed by atoms with Crippen LogP contribution in [0.25, 0.3) is 22.3 Å². The summed E-state index contributed by atoms with van der Waals surface area (Å²) >= 11 is 6.08. The second kappa shape index (κ2) is 21.0. The molecule has 4 bridgehead atoms. The molecule has 5 atom stereocenters. The van der Waals surface area contributed by atoms with Gasteiger partial charge in [0.15, 0.2) is 9.84 Å². The normalized spacial score (nSPS) is 18.6. The van der Waals surface area contributed by atoms with Crippen LogP contribution in [0.4, 0.5) is 0 Å². The number of sulfone groups is 1. The van der Waals surface area contributed by atoms with Crippen molar-refractivity contribution < 1.29 is 37.8 Å². The van der Waals surface area contributed by atoms with Crippen molar-refractivity contribution >= 4 is 45.4 Å². The molecule has 8 N–H and O–H groups in total. The summed E-state index contributed by atoms with van der Waals surface area (Å²) in [6, 6.07) is 20.4. The number of aromatic hydroxyl groups is 2. The van der Waals surface area contributed by atoms with E-state index in [4.69, 9.17) is 17.3 Å². The standard InChI is InChI=1S/C46H55ClN6O8S/c1-29(19-22-62(4,60)61)50-44(58)39-24-32-9-17-40(55)37(23-32)38-25-35(14-18-41(38)56)42(45(59)51-30(2)43(57)52-39)53(3)27-46(28-54,20-5-6-21-48)49-26-31-7-10-33(11-8-31)34-12-15-36(47)16-13-34/h7-19,22-23,25,28-30,39,42,49,55-56H,5-6,20-21,24,26-27,48H2,1-4H3,(H,50,58)(H,51,59)(H,52,57). The molecule has 0 aliphatic carbocycles. The first-order valence-electron chi connectivity index (χ1n) is 20.3. The lowest BCUT2D eigenvalue weighted by molar-refractivity contribution is -0.133. The molecule has 3 amide bonds. The summed E-state index contributed by atoms with van der Waals surface area (Å²) in [5.41, 5.74) is 8.94. The van der Waals surface area contributed by atoms with Crippen LogP contribution in [0.1, 0.15) is 55.8 Å². The monoisotopic (exact) mass is 886 g/mol. The number of nitrogens with two attached hydrogens (primary N) is 1. The quantitative estimate of drug-likeness (QED) is 0.0613. The number of halogens is 1. The van der Waals surface area contributed by atoms with Crippen LogP contribution < -0.4 is 27.0 Å². The molecule has 0 fully saturated rings. The van der Waals surface area contributed by atoms with Gasteiger partial charge in [0, 0.05) is 53.4 Å². The zero-order valence-corrected chi connectivity index (χ0v) is 36.8. The number of phenols is 2. The molecule has 0 saturated carbocycles. The van der Waals surface area contributed by atoms with Crippen molar-refractivity contribution in [2.24, 2.45) is 5.73 Å². The Hall–Kier alpha value is -5.58. The Kier molecular flexibility index (Phi) is 16.1. The first-order chi connectivity index (χ1) is 29.4. The second-order valence-electron chi connectivity index (χ2n) is 16.0. The van der Waals surface area contributed by atoms with Crippen molar-refractivity contribution in [3.8, 4) is 33.8 Å². The van der Waals surface area contributed by atoms with Crippen molar-refractivity contribution in [1.29, 1.82) is 0 Å². The molecule has 4 aromatic carbocycles. The number of hydrogen-bond acceptors (Lipinski definition) is 11. The fraction of sp³-hybridized carbons (Fsp3) is 0.348. The van der Waals surface area contributed by atoms with Crippen molar-refractivity contribution in [2.45, 2.75) is 75.8 Å². The summed E-state index contributed by atoms with van der Waals surface area (Å²) in [5, 5.41) is 35.6. The summed E-state index contributed by atoms with van der Waals surface area (Å²) in [4.78, 5) is 56.9. The predicted molar refractivity (Wildman–Crippen MR) is 241 cm³/mol. The largest absolute Gasteiger partial charge is 0.507 e. The van der Waals surface area contributed by atoms with Crippen LogP contribution in [0.15, 0.2) is 96.4 Å². The van der Waals surface area contributed by atoms with Crippen LogP contribution in [-0.2, 0) is 42.0 Å². The zero-order chi connectivity index (χ0) is 45.2. The summed E-state index contributed by atoms with van der Waals surface area (Å²) < 4.78 is 23.4. The number of likely N-dealkylation sites (N-methyl/N-ethyl adjacent to an activating group) is 1. The van der Waals surface area contributed by atoms with Gasteiger partial charge in [-0.15, -0.1) is 0 Å². The van der Waals surface area contributed by atoms with Crippen LogP contribution in [0, 0.1) is 0 Å². The van der Waals surface area contributed by atoms with Crippen molar-refractivity contribution in [1.82, 2.24) is 26.2 Å². The van der Waals surface area contributed by atoms with E-state index in [1.54, 1.807) is 43.1 Å².